The van der Waals surface area contributed by atoms with Gasteiger partial charge in [-0.25, -0.2) is 0 Å². The van der Waals surface area contributed by atoms with Crippen LogP contribution < -0.4 is 0 Å². The minimum atomic E-state index is -1.20. The molecule has 0 N–H and O–H groups in total. The average molecular weight is 322 g/mol. The van der Waals surface area contributed by atoms with Crippen LogP contribution >= 0.6 is 58.0 Å². The van der Waals surface area contributed by atoms with Gasteiger partial charge in [-0.2, -0.15) is 0 Å². The first-order chi connectivity index (χ1) is 7.32. The maximum atomic E-state index is 6.71. The van der Waals surface area contributed by atoms with E-state index in [-0.39, 0.29) is 17.9 Å². The fourth-order valence-electron chi connectivity index (χ4n) is 4.28. The number of alkyl halides is 5. The van der Waals surface area contributed by atoms with Crippen molar-refractivity contribution in [2.24, 2.45) is 11.8 Å². The smallest absolute Gasteiger partial charge is 0.192 e. The van der Waals surface area contributed by atoms with Gasteiger partial charge in [-0.15, -0.1) is 23.2 Å². The molecule has 6 heteroatoms. The first kappa shape index (κ1) is 11.3. The molecule has 4 rings (SSSR count). The van der Waals surface area contributed by atoms with Crippen molar-refractivity contribution in [2.45, 2.75) is 44.5 Å². The molecule has 0 aromatic carbocycles. The summed E-state index contributed by atoms with van der Waals surface area (Å²) >= 11 is 32.8. The van der Waals surface area contributed by atoms with Crippen LogP contribution in [0.1, 0.15) is 19.3 Å². The predicted molar refractivity (Wildman–Crippen MR) is 65.9 cm³/mol. The number of ether oxygens (including phenoxy) is 1. The molecule has 3 aliphatic carbocycles. The Bertz CT molecular complexity index is 401. The van der Waals surface area contributed by atoms with Gasteiger partial charge < -0.3 is 4.74 Å². The quantitative estimate of drug-likeness (QED) is 0.487. The normalized spacial score (nSPS) is 69.2. The molecule has 0 amide bonds. The fourth-order valence-corrected chi connectivity index (χ4v) is 7.23. The Morgan fingerprint density at radius 3 is 2.25 bits per heavy atom. The lowest BCUT2D eigenvalue weighted by molar-refractivity contribution is 0.238. The molecule has 1 nitrogen and oxygen atoms in total. The van der Waals surface area contributed by atoms with Crippen LogP contribution in [0, 0.1) is 11.8 Å². The second-order valence-electron chi connectivity index (χ2n) is 5.34. The monoisotopic (exact) mass is 320 g/mol. The number of fused-ring (bicyclic) bond motifs is 8. The highest BCUT2D eigenvalue weighted by Gasteiger charge is 2.98. The zero-order valence-electron chi connectivity index (χ0n) is 8.15. The van der Waals surface area contributed by atoms with Gasteiger partial charge in [0.05, 0.1) is 0 Å². The lowest BCUT2D eigenvalue weighted by atomic mass is 9.81. The minimum Gasteiger partial charge on any atom is -0.345 e. The molecule has 4 aliphatic rings. The molecule has 0 spiro atoms. The molecule has 1 heterocycles. The van der Waals surface area contributed by atoms with E-state index in [0.29, 0.717) is 0 Å². The Labute approximate surface area is 119 Å². The Kier molecular flexibility index (Phi) is 1.86. The second-order valence-corrected chi connectivity index (χ2v) is 8.45. The summed E-state index contributed by atoms with van der Waals surface area (Å²) in [5.41, 5.74) is 0. The second kappa shape index (κ2) is 2.64. The van der Waals surface area contributed by atoms with Crippen LogP contribution in [0.3, 0.4) is 0 Å². The van der Waals surface area contributed by atoms with Crippen molar-refractivity contribution < 1.29 is 4.74 Å². The minimum absolute atomic E-state index is 0.165. The molecule has 4 fully saturated rings. The first-order valence-corrected chi connectivity index (χ1v) is 7.33. The third kappa shape index (κ3) is 0.748. The summed E-state index contributed by atoms with van der Waals surface area (Å²) in [6, 6.07) is 0. The topological polar surface area (TPSA) is 12.5 Å². The van der Waals surface area contributed by atoms with Gasteiger partial charge in [0.1, 0.15) is 15.9 Å². The van der Waals surface area contributed by atoms with Crippen LogP contribution in [0.15, 0.2) is 0 Å². The number of hydrogen-bond acceptors (Lipinski definition) is 1. The van der Waals surface area contributed by atoms with E-state index in [9.17, 15) is 0 Å². The van der Waals surface area contributed by atoms with Crippen LogP contribution in [0.4, 0.5) is 0 Å². The third-order valence-corrected chi connectivity index (χ3v) is 8.85. The largest absolute Gasteiger partial charge is 0.345 e. The molecule has 1 aliphatic heterocycles. The van der Waals surface area contributed by atoms with E-state index in [1.165, 1.54) is 0 Å². The van der Waals surface area contributed by atoms with Crippen molar-refractivity contribution in [1.82, 2.24) is 0 Å². The van der Waals surface area contributed by atoms with Gasteiger partial charge in [-0.05, 0) is 24.7 Å². The highest BCUT2D eigenvalue weighted by molar-refractivity contribution is 6.61. The first-order valence-electron chi connectivity index (χ1n) is 5.44. The van der Waals surface area contributed by atoms with E-state index in [2.05, 4.69) is 0 Å². The van der Waals surface area contributed by atoms with E-state index in [4.69, 9.17) is 62.7 Å². The van der Waals surface area contributed by atoms with Gasteiger partial charge in [-0.3, -0.25) is 0 Å². The van der Waals surface area contributed by atoms with Gasteiger partial charge in [0.15, 0.2) is 9.39 Å². The molecule has 2 bridgehead atoms. The molecule has 90 valence electrons. The van der Waals surface area contributed by atoms with Gasteiger partial charge in [0.2, 0.25) is 0 Å². The van der Waals surface area contributed by atoms with Crippen LogP contribution in [0.25, 0.3) is 0 Å². The summed E-state index contributed by atoms with van der Waals surface area (Å²) in [4.78, 5) is -1.76. The van der Waals surface area contributed by atoms with E-state index in [1.807, 2.05) is 0 Å². The van der Waals surface area contributed by atoms with Crippen molar-refractivity contribution >= 4 is 58.0 Å². The summed E-state index contributed by atoms with van der Waals surface area (Å²) in [7, 11) is 0. The lowest BCUT2D eigenvalue weighted by Crippen LogP contribution is -2.50. The Morgan fingerprint density at radius 1 is 0.938 bits per heavy atom. The molecule has 3 saturated carbocycles. The van der Waals surface area contributed by atoms with Gasteiger partial charge >= 0.3 is 0 Å². The summed E-state index contributed by atoms with van der Waals surface area (Å²) < 4.78 is 4.33. The van der Waals surface area contributed by atoms with E-state index < -0.39 is 19.1 Å². The third-order valence-electron chi connectivity index (χ3n) is 4.95. The Hall–Kier alpha value is 1.41. The zero-order valence-corrected chi connectivity index (χ0v) is 11.9. The zero-order chi connectivity index (χ0) is 11.6. The molecule has 0 unspecified atom stereocenters. The highest BCUT2D eigenvalue weighted by Crippen LogP contribution is 2.86. The average Bonchev–Trinajstić information content (AvgIpc) is 2.65. The number of rotatable bonds is 0. The summed E-state index contributed by atoms with van der Waals surface area (Å²) in [5.74, 6) is 0.388. The van der Waals surface area contributed by atoms with Crippen molar-refractivity contribution in [3.63, 3.8) is 0 Å². The fraction of sp³-hybridized carbons (Fsp3) is 1.00. The van der Waals surface area contributed by atoms with Crippen LogP contribution in [0.5, 0.6) is 0 Å². The van der Waals surface area contributed by atoms with Crippen molar-refractivity contribution in [2.75, 3.05) is 0 Å². The van der Waals surface area contributed by atoms with E-state index >= 15 is 0 Å². The number of epoxide rings is 1. The molecular formula is C10H9Cl5O. The van der Waals surface area contributed by atoms with E-state index in [0.717, 1.165) is 19.3 Å². The Morgan fingerprint density at radius 2 is 1.56 bits per heavy atom. The van der Waals surface area contributed by atoms with Crippen LogP contribution in [0.2, 0.25) is 0 Å². The van der Waals surface area contributed by atoms with Gasteiger partial charge in [0.25, 0.3) is 0 Å². The molecule has 16 heavy (non-hydrogen) atoms. The molecule has 6 atom stereocenters. The summed E-state index contributed by atoms with van der Waals surface area (Å²) in [5, 5.41) is -0.953. The Balaban J connectivity index is 1.99. The maximum absolute atomic E-state index is 6.71. The summed E-state index contributed by atoms with van der Waals surface area (Å²) in [6.07, 6.45) is 2.79. The number of halogens is 5. The van der Waals surface area contributed by atoms with Gasteiger partial charge in [-0.1, -0.05) is 41.2 Å². The molecular weight excluding hydrogens is 313 g/mol. The highest BCUT2D eigenvalue weighted by atomic mass is 35.5. The van der Waals surface area contributed by atoms with Crippen molar-refractivity contribution in [3.05, 3.63) is 0 Å². The van der Waals surface area contributed by atoms with E-state index in [1.54, 1.807) is 0 Å². The predicted octanol–water partition coefficient (Wildman–Crippen LogP) is 3.89. The van der Waals surface area contributed by atoms with Crippen LogP contribution in [-0.4, -0.2) is 25.2 Å². The van der Waals surface area contributed by atoms with Crippen molar-refractivity contribution in [3.8, 4) is 0 Å². The van der Waals surface area contributed by atoms with Crippen LogP contribution in [-0.2, 0) is 4.74 Å². The lowest BCUT2D eigenvalue weighted by Gasteiger charge is -2.36. The summed E-state index contributed by atoms with van der Waals surface area (Å²) in [6.45, 7) is 0. The number of hydrogen-bond donors (Lipinski definition) is 0. The molecule has 0 radical (unpaired) electrons. The van der Waals surface area contributed by atoms with Crippen molar-refractivity contribution in [1.29, 1.82) is 0 Å². The molecule has 1 saturated heterocycles. The molecule has 0 aromatic rings. The van der Waals surface area contributed by atoms with Gasteiger partial charge in [0, 0.05) is 0 Å². The standard InChI is InChI=1S/C10H9Cl5O/c11-7-4-2-1-3-5(4)8(12,10(7,14)15)9(13)6(7)16-9/h4-6H,1-3H2/t4-,5+,6+,7-,8+,9+/m0/s1. The SMILES string of the molecule is ClC1(Cl)[C@@]2(Cl)[C@H]3O[C@@]3(Cl)[C@]1(Cl)[C@@H]1CCC[C@@H]12. The molecule has 0 aromatic heterocycles. The maximum Gasteiger partial charge on any atom is 0.192 e.